The Kier molecular flexibility index (Phi) is 4.72. The molecular weight excluding hydrogens is 348 g/mol. The van der Waals surface area contributed by atoms with Crippen molar-refractivity contribution in [2.75, 3.05) is 19.8 Å². The molecule has 0 radical (unpaired) electrons. The lowest BCUT2D eigenvalue weighted by Crippen LogP contribution is -2.37. The van der Waals surface area contributed by atoms with E-state index in [2.05, 4.69) is 25.7 Å². The maximum absolute atomic E-state index is 13.1. The van der Waals surface area contributed by atoms with Crippen LogP contribution in [0.5, 0.6) is 0 Å². The monoisotopic (exact) mass is 378 g/mol. The summed E-state index contributed by atoms with van der Waals surface area (Å²) in [6.45, 7) is 8.06. The van der Waals surface area contributed by atoms with Crippen LogP contribution < -0.4 is 0 Å². The van der Waals surface area contributed by atoms with Gasteiger partial charge in [0.1, 0.15) is 0 Å². The maximum Gasteiger partial charge on any atom is 0.254 e. The quantitative estimate of drug-likeness (QED) is 0.809. The van der Waals surface area contributed by atoms with Crippen molar-refractivity contribution in [1.29, 1.82) is 0 Å². The van der Waals surface area contributed by atoms with Crippen LogP contribution in [0.3, 0.4) is 0 Å². The van der Waals surface area contributed by atoms with Gasteiger partial charge >= 0.3 is 0 Å². The topological polar surface area (TPSA) is 57.7 Å². The van der Waals surface area contributed by atoms with Crippen molar-refractivity contribution in [3.63, 3.8) is 0 Å². The molecule has 1 saturated carbocycles. The van der Waals surface area contributed by atoms with Crippen molar-refractivity contribution in [2.45, 2.75) is 52.6 Å². The molecule has 144 valence electrons. The molecule has 3 rings (SSSR count). The van der Waals surface area contributed by atoms with Crippen LogP contribution in [0.15, 0.2) is 24.3 Å². The molecule has 1 aliphatic carbocycles. The Morgan fingerprint density at radius 3 is 2.38 bits per heavy atom. The number of amides is 1. The third kappa shape index (κ3) is 3.96. The molecule has 0 N–H and O–H groups in total. The molecule has 1 heterocycles. The van der Waals surface area contributed by atoms with Gasteiger partial charge in [-0.3, -0.25) is 4.79 Å². The molecule has 26 heavy (non-hydrogen) atoms. The van der Waals surface area contributed by atoms with E-state index in [-0.39, 0.29) is 16.7 Å². The Balaban J connectivity index is 1.73. The average molecular weight is 379 g/mol. The molecule has 2 unspecified atom stereocenters. The molecule has 0 spiro atoms. The average Bonchev–Trinajstić information content (AvgIpc) is 2.75. The second-order valence-electron chi connectivity index (χ2n) is 9.36. The highest BCUT2D eigenvalue weighted by Crippen LogP contribution is 2.52. The zero-order valence-electron chi connectivity index (χ0n) is 16.4. The van der Waals surface area contributed by atoms with Gasteiger partial charge in [0.05, 0.1) is 6.26 Å². The van der Waals surface area contributed by atoms with E-state index in [0.29, 0.717) is 18.2 Å². The number of carbonyl (C=O) groups is 1. The predicted octanol–water partition coefficient (Wildman–Crippen LogP) is 3.12. The minimum Gasteiger partial charge on any atom is -0.335 e. The molecule has 2 aliphatic rings. The molecule has 1 aromatic rings. The van der Waals surface area contributed by atoms with Crippen molar-refractivity contribution >= 4 is 15.9 Å². The van der Waals surface area contributed by atoms with Gasteiger partial charge in [-0.25, -0.2) is 12.7 Å². The lowest BCUT2D eigenvalue weighted by Gasteiger charge is -2.39. The van der Waals surface area contributed by atoms with Gasteiger partial charge in [0.25, 0.3) is 5.91 Å². The van der Waals surface area contributed by atoms with E-state index in [1.807, 2.05) is 24.3 Å². The van der Waals surface area contributed by atoms with Crippen LogP contribution in [0.1, 0.15) is 56.0 Å². The molecule has 1 aromatic carbocycles. The molecule has 2 bridgehead atoms. The fourth-order valence-electron chi connectivity index (χ4n) is 4.99. The minimum absolute atomic E-state index is 0.0967. The minimum atomic E-state index is -3.21. The Morgan fingerprint density at radius 2 is 1.81 bits per heavy atom. The molecule has 2 atom stereocenters. The van der Waals surface area contributed by atoms with Crippen LogP contribution in [-0.4, -0.2) is 49.4 Å². The van der Waals surface area contributed by atoms with E-state index < -0.39 is 10.0 Å². The molecule has 1 amide bonds. The molecule has 1 saturated heterocycles. The summed E-state index contributed by atoms with van der Waals surface area (Å²) in [6, 6.07) is 7.67. The van der Waals surface area contributed by atoms with Crippen LogP contribution in [-0.2, 0) is 16.6 Å². The summed E-state index contributed by atoms with van der Waals surface area (Å²) in [4.78, 5) is 15.1. The van der Waals surface area contributed by atoms with E-state index in [9.17, 15) is 13.2 Å². The lowest BCUT2D eigenvalue weighted by atomic mass is 9.65. The first-order valence-corrected chi connectivity index (χ1v) is 11.0. The highest BCUT2D eigenvalue weighted by molar-refractivity contribution is 7.88. The smallest absolute Gasteiger partial charge is 0.254 e. The van der Waals surface area contributed by atoms with Gasteiger partial charge in [0, 0.05) is 31.7 Å². The van der Waals surface area contributed by atoms with Gasteiger partial charge in [-0.2, -0.15) is 0 Å². The van der Waals surface area contributed by atoms with Crippen molar-refractivity contribution in [2.24, 2.45) is 10.8 Å². The summed E-state index contributed by atoms with van der Waals surface area (Å²) in [6.07, 6.45) is 4.51. The molecule has 6 heteroatoms. The summed E-state index contributed by atoms with van der Waals surface area (Å²) >= 11 is 0. The van der Waals surface area contributed by atoms with Crippen molar-refractivity contribution in [3.05, 3.63) is 35.4 Å². The summed E-state index contributed by atoms with van der Waals surface area (Å²) in [5, 5.41) is 0. The van der Waals surface area contributed by atoms with Crippen molar-refractivity contribution in [3.8, 4) is 0 Å². The van der Waals surface area contributed by atoms with E-state index in [0.717, 1.165) is 31.4 Å². The largest absolute Gasteiger partial charge is 0.335 e. The van der Waals surface area contributed by atoms with Crippen LogP contribution in [0.2, 0.25) is 0 Å². The van der Waals surface area contributed by atoms with Gasteiger partial charge in [0.15, 0.2) is 0 Å². The number of carbonyl (C=O) groups excluding carboxylic acids is 1. The third-order valence-electron chi connectivity index (χ3n) is 5.85. The Hall–Kier alpha value is -1.40. The zero-order valence-corrected chi connectivity index (χ0v) is 17.3. The summed E-state index contributed by atoms with van der Waals surface area (Å²) in [5.41, 5.74) is 2.07. The highest BCUT2D eigenvalue weighted by atomic mass is 32.2. The third-order valence-corrected chi connectivity index (χ3v) is 7.11. The van der Waals surface area contributed by atoms with Crippen molar-refractivity contribution < 1.29 is 13.2 Å². The number of nitrogens with zero attached hydrogens (tertiary/aromatic N) is 2. The first-order chi connectivity index (χ1) is 11.9. The Morgan fingerprint density at radius 1 is 1.19 bits per heavy atom. The molecule has 5 nitrogen and oxygen atoms in total. The van der Waals surface area contributed by atoms with E-state index >= 15 is 0 Å². The summed E-state index contributed by atoms with van der Waals surface area (Å²) in [5.74, 6) is 0.0967. The SMILES string of the molecule is CN(Cc1ccc(C(=O)N2CC3(C)CC2CC(C)(C)C3)cc1)S(C)(=O)=O. The standard InChI is InChI=1S/C20H30N2O3S/c1-19(2)10-17-11-20(3,13-19)14-22(17)18(23)16-8-6-15(7-9-16)12-21(4)26(5,24)25/h6-9,17H,10-14H2,1-5H3. The van der Waals surface area contributed by atoms with Gasteiger partial charge in [0.2, 0.25) is 10.0 Å². The van der Waals surface area contributed by atoms with Gasteiger partial charge in [-0.15, -0.1) is 0 Å². The number of benzene rings is 1. The zero-order chi connectivity index (χ0) is 19.3. The second kappa shape index (κ2) is 6.34. The summed E-state index contributed by atoms with van der Waals surface area (Å²) in [7, 11) is -1.65. The van der Waals surface area contributed by atoms with Crippen LogP contribution in [0.25, 0.3) is 0 Å². The van der Waals surface area contributed by atoms with Crippen molar-refractivity contribution in [1.82, 2.24) is 9.21 Å². The van der Waals surface area contributed by atoms with Gasteiger partial charge < -0.3 is 4.90 Å². The van der Waals surface area contributed by atoms with Crippen LogP contribution in [0.4, 0.5) is 0 Å². The van der Waals surface area contributed by atoms with E-state index in [1.54, 1.807) is 7.05 Å². The fraction of sp³-hybridized carbons (Fsp3) is 0.650. The molecule has 1 aliphatic heterocycles. The van der Waals surface area contributed by atoms with Gasteiger partial charge in [-0.1, -0.05) is 32.9 Å². The van der Waals surface area contributed by atoms with E-state index in [4.69, 9.17) is 0 Å². The number of likely N-dealkylation sites (tertiary alicyclic amines) is 1. The molecule has 0 aromatic heterocycles. The number of sulfonamides is 1. The summed E-state index contributed by atoms with van der Waals surface area (Å²) < 4.78 is 24.4. The first kappa shape index (κ1) is 19.4. The Bertz CT molecular complexity index is 801. The van der Waals surface area contributed by atoms with Crippen LogP contribution >= 0.6 is 0 Å². The number of fused-ring (bicyclic) bond motifs is 2. The van der Waals surface area contributed by atoms with Gasteiger partial charge in [-0.05, 0) is 47.8 Å². The van der Waals surface area contributed by atoms with E-state index in [1.165, 1.54) is 10.6 Å². The normalized spacial score (nSPS) is 27.8. The number of hydrogen-bond donors (Lipinski definition) is 0. The molecule has 2 fully saturated rings. The van der Waals surface area contributed by atoms with Crippen LogP contribution in [0, 0.1) is 10.8 Å². The first-order valence-electron chi connectivity index (χ1n) is 9.20. The second-order valence-corrected chi connectivity index (χ2v) is 11.5. The lowest BCUT2D eigenvalue weighted by molar-refractivity contribution is 0.0708. The highest BCUT2D eigenvalue weighted by Gasteiger charge is 2.50. The fourth-order valence-corrected chi connectivity index (χ4v) is 5.37. The Labute approximate surface area is 157 Å². The molecular formula is C20H30N2O3S. The number of hydrogen-bond acceptors (Lipinski definition) is 3. The maximum atomic E-state index is 13.1. The number of rotatable bonds is 4. The predicted molar refractivity (Wildman–Crippen MR) is 103 cm³/mol.